The average molecular weight is 281 g/mol. The highest BCUT2D eigenvalue weighted by molar-refractivity contribution is 5.87. The van der Waals surface area contributed by atoms with E-state index in [-0.39, 0.29) is 18.1 Å². The van der Waals surface area contributed by atoms with E-state index in [1.165, 1.54) is 0 Å². The fourth-order valence-corrected chi connectivity index (χ4v) is 4.15. The summed E-state index contributed by atoms with van der Waals surface area (Å²) < 4.78 is 5.66. The van der Waals surface area contributed by atoms with E-state index < -0.39 is 18.1 Å². The van der Waals surface area contributed by atoms with Crippen LogP contribution in [0.25, 0.3) is 0 Å². The lowest BCUT2D eigenvalue weighted by Gasteiger charge is -2.34. The first-order valence-corrected chi connectivity index (χ1v) is 7.78. The number of carboxylic acids is 1. The van der Waals surface area contributed by atoms with Crippen LogP contribution in [0.4, 0.5) is 0 Å². The minimum absolute atomic E-state index is 0.0869. The Labute approximate surface area is 119 Å². The summed E-state index contributed by atoms with van der Waals surface area (Å²) in [4.78, 5) is 25.9. The van der Waals surface area contributed by atoms with Crippen molar-refractivity contribution in [2.24, 2.45) is 5.92 Å². The zero-order chi connectivity index (χ0) is 14.3. The average Bonchev–Trinajstić information content (AvgIpc) is 3.01. The number of likely N-dealkylation sites (tertiary alicyclic amines) is 1. The minimum atomic E-state index is -0.862. The SMILES string of the molecule is C[C@@H]1CC[C@H](C(=O)N2[C@H](C(=O)O)C[C@@H]3CCCC[C@@H]32)O1. The molecule has 0 spiro atoms. The topological polar surface area (TPSA) is 66.8 Å². The molecule has 0 radical (unpaired) electrons. The molecule has 0 bridgehead atoms. The largest absolute Gasteiger partial charge is 0.480 e. The smallest absolute Gasteiger partial charge is 0.326 e. The third kappa shape index (κ3) is 2.32. The van der Waals surface area contributed by atoms with E-state index in [1.54, 1.807) is 4.90 Å². The molecule has 1 saturated carbocycles. The molecule has 2 saturated heterocycles. The van der Waals surface area contributed by atoms with Crippen molar-refractivity contribution in [1.82, 2.24) is 4.90 Å². The first-order valence-electron chi connectivity index (χ1n) is 7.78. The molecule has 3 rings (SSSR count). The summed E-state index contributed by atoms with van der Waals surface area (Å²) in [7, 11) is 0. The number of amides is 1. The van der Waals surface area contributed by atoms with Gasteiger partial charge in [-0.1, -0.05) is 12.8 Å². The van der Waals surface area contributed by atoms with Gasteiger partial charge in [0.25, 0.3) is 5.91 Å². The summed E-state index contributed by atoms with van der Waals surface area (Å²) in [6, 6.07) is -0.521. The van der Waals surface area contributed by atoms with E-state index in [2.05, 4.69) is 0 Å². The molecule has 112 valence electrons. The van der Waals surface area contributed by atoms with Crippen molar-refractivity contribution >= 4 is 11.9 Å². The maximum absolute atomic E-state index is 12.7. The third-order valence-corrected chi connectivity index (χ3v) is 5.13. The van der Waals surface area contributed by atoms with E-state index in [4.69, 9.17) is 4.74 Å². The highest BCUT2D eigenvalue weighted by Gasteiger charge is 2.49. The summed E-state index contributed by atoms with van der Waals surface area (Å²) in [5, 5.41) is 9.44. The van der Waals surface area contributed by atoms with E-state index >= 15 is 0 Å². The Balaban J connectivity index is 1.80. The number of carbonyl (C=O) groups is 2. The van der Waals surface area contributed by atoms with E-state index in [0.29, 0.717) is 12.3 Å². The molecule has 5 heteroatoms. The van der Waals surface area contributed by atoms with Gasteiger partial charge in [0.05, 0.1) is 6.10 Å². The Kier molecular flexibility index (Phi) is 3.71. The van der Waals surface area contributed by atoms with Gasteiger partial charge in [-0.15, -0.1) is 0 Å². The van der Waals surface area contributed by atoms with Crippen LogP contribution >= 0.6 is 0 Å². The van der Waals surface area contributed by atoms with E-state index in [0.717, 1.165) is 38.5 Å². The van der Waals surface area contributed by atoms with Crippen molar-refractivity contribution in [2.45, 2.75) is 76.2 Å². The molecule has 1 amide bonds. The Hall–Kier alpha value is -1.10. The minimum Gasteiger partial charge on any atom is -0.480 e. The van der Waals surface area contributed by atoms with Gasteiger partial charge < -0.3 is 14.7 Å². The van der Waals surface area contributed by atoms with Crippen molar-refractivity contribution in [1.29, 1.82) is 0 Å². The lowest BCUT2D eigenvalue weighted by Crippen LogP contribution is -2.50. The highest BCUT2D eigenvalue weighted by Crippen LogP contribution is 2.41. The molecule has 20 heavy (non-hydrogen) atoms. The number of rotatable bonds is 2. The lowest BCUT2D eigenvalue weighted by molar-refractivity contribution is -0.155. The van der Waals surface area contributed by atoms with Crippen molar-refractivity contribution in [3.8, 4) is 0 Å². The molecule has 3 fully saturated rings. The van der Waals surface area contributed by atoms with Crippen LogP contribution in [0.15, 0.2) is 0 Å². The lowest BCUT2D eigenvalue weighted by atomic mass is 9.84. The Morgan fingerprint density at radius 3 is 2.55 bits per heavy atom. The molecule has 0 aromatic heterocycles. The van der Waals surface area contributed by atoms with Gasteiger partial charge in [0.1, 0.15) is 12.1 Å². The maximum Gasteiger partial charge on any atom is 0.326 e. The first-order chi connectivity index (χ1) is 9.58. The molecule has 5 atom stereocenters. The Morgan fingerprint density at radius 2 is 1.90 bits per heavy atom. The number of hydrogen-bond donors (Lipinski definition) is 1. The van der Waals surface area contributed by atoms with Crippen LogP contribution in [0.3, 0.4) is 0 Å². The molecule has 0 aromatic rings. The predicted molar refractivity (Wildman–Crippen MR) is 72.2 cm³/mol. The zero-order valence-corrected chi connectivity index (χ0v) is 12.0. The van der Waals surface area contributed by atoms with Gasteiger partial charge >= 0.3 is 5.97 Å². The van der Waals surface area contributed by atoms with Gasteiger partial charge in [0.15, 0.2) is 0 Å². The van der Waals surface area contributed by atoms with Gasteiger partial charge in [-0.3, -0.25) is 4.79 Å². The van der Waals surface area contributed by atoms with Gasteiger partial charge in [-0.25, -0.2) is 4.79 Å². The Morgan fingerprint density at radius 1 is 1.15 bits per heavy atom. The number of carboxylic acid groups (broad SMARTS) is 1. The van der Waals surface area contributed by atoms with Crippen LogP contribution < -0.4 is 0 Å². The third-order valence-electron chi connectivity index (χ3n) is 5.13. The van der Waals surface area contributed by atoms with Gasteiger partial charge in [0.2, 0.25) is 0 Å². The summed E-state index contributed by atoms with van der Waals surface area (Å²) >= 11 is 0. The van der Waals surface area contributed by atoms with Gasteiger partial charge in [-0.2, -0.15) is 0 Å². The number of fused-ring (bicyclic) bond motifs is 1. The van der Waals surface area contributed by atoms with Crippen molar-refractivity contribution in [3.63, 3.8) is 0 Å². The van der Waals surface area contributed by atoms with Crippen LogP contribution in [-0.2, 0) is 14.3 Å². The van der Waals surface area contributed by atoms with Crippen LogP contribution in [-0.4, -0.2) is 46.2 Å². The Bertz CT molecular complexity index is 411. The van der Waals surface area contributed by atoms with Crippen molar-refractivity contribution in [2.75, 3.05) is 0 Å². The molecule has 5 nitrogen and oxygen atoms in total. The molecule has 2 heterocycles. The second-order valence-corrected chi connectivity index (χ2v) is 6.46. The molecular weight excluding hydrogens is 258 g/mol. The number of hydrogen-bond acceptors (Lipinski definition) is 3. The normalized spacial score (nSPS) is 40.6. The number of ether oxygens (including phenoxy) is 1. The molecule has 3 aliphatic rings. The second kappa shape index (κ2) is 5.35. The first kappa shape index (κ1) is 13.9. The summed E-state index contributed by atoms with van der Waals surface area (Å²) in [6.45, 7) is 1.97. The number of aliphatic carboxylic acids is 1. The monoisotopic (exact) mass is 281 g/mol. The van der Waals surface area contributed by atoms with Crippen molar-refractivity contribution in [3.05, 3.63) is 0 Å². The van der Waals surface area contributed by atoms with E-state index in [9.17, 15) is 14.7 Å². The summed E-state index contributed by atoms with van der Waals surface area (Å²) in [5.74, 6) is -0.581. The molecule has 1 aliphatic carbocycles. The molecule has 2 aliphatic heterocycles. The molecule has 1 N–H and O–H groups in total. The molecule has 0 aromatic carbocycles. The summed E-state index contributed by atoms with van der Waals surface area (Å²) in [5.41, 5.74) is 0. The fourth-order valence-electron chi connectivity index (χ4n) is 4.15. The zero-order valence-electron chi connectivity index (χ0n) is 12.0. The quantitative estimate of drug-likeness (QED) is 0.838. The second-order valence-electron chi connectivity index (χ2n) is 6.46. The highest BCUT2D eigenvalue weighted by atomic mass is 16.5. The van der Waals surface area contributed by atoms with Gasteiger partial charge in [0, 0.05) is 6.04 Å². The van der Waals surface area contributed by atoms with Crippen LogP contribution in [0.5, 0.6) is 0 Å². The number of nitrogens with zero attached hydrogens (tertiary/aromatic N) is 1. The van der Waals surface area contributed by atoms with E-state index in [1.807, 2.05) is 6.92 Å². The molecule has 0 unspecified atom stereocenters. The van der Waals surface area contributed by atoms with Crippen molar-refractivity contribution < 1.29 is 19.4 Å². The fraction of sp³-hybridized carbons (Fsp3) is 0.867. The van der Waals surface area contributed by atoms with Crippen LogP contribution in [0, 0.1) is 5.92 Å². The van der Waals surface area contributed by atoms with Crippen LogP contribution in [0.2, 0.25) is 0 Å². The number of carbonyl (C=O) groups excluding carboxylic acids is 1. The van der Waals surface area contributed by atoms with Gasteiger partial charge in [-0.05, 0) is 44.9 Å². The maximum atomic E-state index is 12.7. The van der Waals surface area contributed by atoms with Crippen LogP contribution in [0.1, 0.15) is 51.9 Å². The standard InChI is InChI=1S/C15H23NO4/c1-9-6-7-13(20-9)14(17)16-11-5-3-2-4-10(11)8-12(16)15(18)19/h9-13H,2-8H2,1H3,(H,18,19)/t9-,10+,11+,12+,13-/m1/s1. The summed E-state index contributed by atoms with van der Waals surface area (Å²) in [6.07, 6.45) is 6.17. The molecular formula is C15H23NO4. The predicted octanol–water partition coefficient (Wildman–Crippen LogP) is 1.80.